The van der Waals surface area contributed by atoms with Crippen molar-refractivity contribution in [2.45, 2.75) is 26.7 Å². The maximum Gasteiger partial charge on any atom is 0.119 e. The van der Waals surface area contributed by atoms with E-state index in [0.717, 1.165) is 31.7 Å². The van der Waals surface area contributed by atoms with Crippen LogP contribution in [0.3, 0.4) is 0 Å². The SMILES string of the molecule is Cc1ccc(NCCCCOc2ccccc2)c(C)c1. The topological polar surface area (TPSA) is 21.3 Å². The molecule has 0 atom stereocenters. The van der Waals surface area contributed by atoms with Crippen molar-refractivity contribution in [3.05, 3.63) is 59.7 Å². The van der Waals surface area contributed by atoms with Crippen molar-refractivity contribution in [1.82, 2.24) is 0 Å². The summed E-state index contributed by atoms with van der Waals surface area (Å²) in [6.45, 7) is 6.03. The maximum atomic E-state index is 5.67. The molecule has 2 aromatic rings. The summed E-state index contributed by atoms with van der Waals surface area (Å²) in [5.41, 5.74) is 3.86. The minimum Gasteiger partial charge on any atom is -0.494 e. The summed E-state index contributed by atoms with van der Waals surface area (Å²) in [5, 5.41) is 3.48. The highest BCUT2D eigenvalue weighted by Gasteiger charge is 1.97. The second-order valence-electron chi connectivity index (χ2n) is 5.11. The first-order chi connectivity index (χ1) is 9.75. The molecule has 2 rings (SSSR count). The Morgan fingerprint density at radius 2 is 1.75 bits per heavy atom. The number of rotatable bonds is 7. The molecule has 2 nitrogen and oxygen atoms in total. The Bertz CT molecular complexity index is 522. The average molecular weight is 269 g/mol. The zero-order chi connectivity index (χ0) is 14.2. The van der Waals surface area contributed by atoms with E-state index in [9.17, 15) is 0 Å². The van der Waals surface area contributed by atoms with Gasteiger partial charge in [-0.1, -0.05) is 35.9 Å². The Labute approximate surface area is 121 Å². The first-order valence-corrected chi connectivity index (χ1v) is 7.25. The summed E-state index contributed by atoms with van der Waals surface area (Å²) in [5.74, 6) is 0.954. The third-order valence-electron chi connectivity index (χ3n) is 3.28. The van der Waals surface area contributed by atoms with Gasteiger partial charge in [-0.2, -0.15) is 0 Å². The van der Waals surface area contributed by atoms with Gasteiger partial charge >= 0.3 is 0 Å². The number of aryl methyl sites for hydroxylation is 2. The molecule has 0 bridgehead atoms. The smallest absolute Gasteiger partial charge is 0.119 e. The molecule has 0 amide bonds. The first kappa shape index (κ1) is 14.4. The van der Waals surface area contributed by atoms with Crippen LogP contribution in [0.25, 0.3) is 0 Å². The second kappa shape index (κ2) is 7.59. The molecule has 0 unspecified atom stereocenters. The highest BCUT2D eigenvalue weighted by atomic mass is 16.5. The van der Waals surface area contributed by atoms with Gasteiger partial charge in [-0.3, -0.25) is 0 Å². The van der Waals surface area contributed by atoms with Gasteiger partial charge in [0.15, 0.2) is 0 Å². The lowest BCUT2D eigenvalue weighted by Crippen LogP contribution is -2.05. The molecule has 1 N–H and O–H groups in total. The predicted octanol–water partition coefficient (Wildman–Crippen LogP) is 4.57. The van der Waals surface area contributed by atoms with Gasteiger partial charge in [0.1, 0.15) is 5.75 Å². The van der Waals surface area contributed by atoms with Crippen LogP contribution < -0.4 is 10.1 Å². The van der Waals surface area contributed by atoms with Gasteiger partial charge in [0.05, 0.1) is 6.61 Å². The van der Waals surface area contributed by atoms with Crippen LogP contribution in [0.4, 0.5) is 5.69 Å². The number of para-hydroxylation sites is 1. The Morgan fingerprint density at radius 1 is 0.950 bits per heavy atom. The van der Waals surface area contributed by atoms with Gasteiger partial charge in [-0.05, 0) is 50.5 Å². The van der Waals surface area contributed by atoms with Crippen molar-refractivity contribution in [2.75, 3.05) is 18.5 Å². The van der Waals surface area contributed by atoms with Crippen molar-refractivity contribution >= 4 is 5.69 Å². The lowest BCUT2D eigenvalue weighted by molar-refractivity contribution is 0.308. The summed E-state index contributed by atoms with van der Waals surface area (Å²) in [6.07, 6.45) is 2.17. The minimum absolute atomic E-state index is 0.776. The molecule has 0 aromatic heterocycles. The van der Waals surface area contributed by atoms with Crippen LogP contribution in [-0.4, -0.2) is 13.2 Å². The molecular weight excluding hydrogens is 246 g/mol. The third-order valence-corrected chi connectivity index (χ3v) is 3.28. The van der Waals surface area contributed by atoms with Crippen LogP contribution in [0.1, 0.15) is 24.0 Å². The van der Waals surface area contributed by atoms with E-state index in [1.807, 2.05) is 30.3 Å². The van der Waals surface area contributed by atoms with Crippen molar-refractivity contribution in [3.63, 3.8) is 0 Å². The summed E-state index contributed by atoms with van der Waals surface area (Å²) >= 11 is 0. The van der Waals surface area contributed by atoms with Crippen LogP contribution in [0.2, 0.25) is 0 Å². The predicted molar refractivity (Wildman–Crippen MR) is 85.6 cm³/mol. The van der Waals surface area contributed by atoms with E-state index >= 15 is 0 Å². The fourth-order valence-electron chi connectivity index (χ4n) is 2.17. The van der Waals surface area contributed by atoms with E-state index < -0.39 is 0 Å². The van der Waals surface area contributed by atoms with Crippen molar-refractivity contribution in [3.8, 4) is 5.75 Å². The summed E-state index contributed by atoms with van der Waals surface area (Å²) < 4.78 is 5.67. The molecule has 0 fully saturated rings. The molecule has 0 radical (unpaired) electrons. The largest absolute Gasteiger partial charge is 0.494 e. The maximum absolute atomic E-state index is 5.67. The van der Waals surface area contributed by atoms with Gasteiger partial charge < -0.3 is 10.1 Å². The van der Waals surface area contributed by atoms with E-state index in [0.29, 0.717) is 0 Å². The summed E-state index contributed by atoms with van der Waals surface area (Å²) in [4.78, 5) is 0. The minimum atomic E-state index is 0.776. The Hall–Kier alpha value is -1.96. The highest BCUT2D eigenvalue weighted by molar-refractivity contribution is 5.51. The lowest BCUT2D eigenvalue weighted by atomic mass is 10.1. The van der Waals surface area contributed by atoms with Gasteiger partial charge in [-0.25, -0.2) is 0 Å². The quantitative estimate of drug-likeness (QED) is 0.743. The zero-order valence-electron chi connectivity index (χ0n) is 12.4. The molecule has 0 spiro atoms. The Balaban J connectivity index is 1.62. The molecule has 0 saturated carbocycles. The van der Waals surface area contributed by atoms with E-state index in [1.54, 1.807) is 0 Å². The molecule has 0 heterocycles. The monoisotopic (exact) mass is 269 g/mol. The Morgan fingerprint density at radius 3 is 2.50 bits per heavy atom. The van der Waals surface area contributed by atoms with Gasteiger partial charge in [0, 0.05) is 12.2 Å². The number of unbranched alkanes of at least 4 members (excludes halogenated alkanes) is 1. The third kappa shape index (κ3) is 4.61. The van der Waals surface area contributed by atoms with Crippen LogP contribution in [-0.2, 0) is 0 Å². The number of hydrogen-bond donors (Lipinski definition) is 1. The number of anilines is 1. The summed E-state index contributed by atoms with van der Waals surface area (Å²) in [6, 6.07) is 16.5. The number of ether oxygens (including phenoxy) is 1. The molecular formula is C18H23NO. The van der Waals surface area contributed by atoms with Crippen LogP contribution >= 0.6 is 0 Å². The van der Waals surface area contributed by atoms with Gasteiger partial charge in [-0.15, -0.1) is 0 Å². The van der Waals surface area contributed by atoms with E-state index in [2.05, 4.69) is 37.4 Å². The number of hydrogen-bond acceptors (Lipinski definition) is 2. The zero-order valence-corrected chi connectivity index (χ0v) is 12.4. The van der Waals surface area contributed by atoms with Gasteiger partial charge in [0.2, 0.25) is 0 Å². The molecule has 0 aliphatic rings. The normalized spacial score (nSPS) is 10.3. The molecule has 2 aromatic carbocycles. The number of nitrogens with one attached hydrogen (secondary N) is 1. The first-order valence-electron chi connectivity index (χ1n) is 7.25. The van der Waals surface area contributed by atoms with Crippen LogP contribution in [0.15, 0.2) is 48.5 Å². The average Bonchev–Trinajstić information content (AvgIpc) is 2.46. The molecule has 0 saturated heterocycles. The highest BCUT2D eigenvalue weighted by Crippen LogP contribution is 2.16. The van der Waals surface area contributed by atoms with E-state index in [1.165, 1.54) is 16.8 Å². The molecule has 2 heteroatoms. The summed E-state index contributed by atoms with van der Waals surface area (Å²) in [7, 11) is 0. The molecule has 20 heavy (non-hydrogen) atoms. The molecule has 0 aliphatic carbocycles. The van der Waals surface area contributed by atoms with Crippen molar-refractivity contribution in [2.24, 2.45) is 0 Å². The van der Waals surface area contributed by atoms with E-state index in [4.69, 9.17) is 4.74 Å². The fourth-order valence-corrected chi connectivity index (χ4v) is 2.17. The second-order valence-corrected chi connectivity index (χ2v) is 5.11. The Kier molecular flexibility index (Phi) is 5.48. The van der Waals surface area contributed by atoms with Crippen LogP contribution in [0.5, 0.6) is 5.75 Å². The lowest BCUT2D eigenvalue weighted by Gasteiger charge is -2.10. The van der Waals surface area contributed by atoms with Crippen molar-refractivity contribution in [1.29, 1.82) is 0 Å². The standard InChI is InChI=1S/C18H23NO/c1-15-10-11-18(16(2)14-15)19-12-6-7-13-20-17-8-4-3-5-9-17/h3-5,8-11,14,19H,6-7,12-13H2,1-2H3. The van der Waals surface area contributed by atoms with E-state index in [-0.39, 0.29) is 0 Å². The van der Waals surface area contributed by atoms with Gasteiger partial charge in [0.25, 0.3) is 0 Å². The molecule has 0 aliphatic heterocycles. The fraction of sp³-hybridized carbons (Fsp3) is 0.333. The molecule has 106 valence electrons. The number of benzene rings is 2. The van der Waals surface area contributed by atoms with Crippen LogP contribution in [0, 0.1) is 13.8 Å². The van der Waals surface area contributed by atoms with Crippen molar-refractivity contribution < 1.29 is 4.74 Å².